The van der Waals surface area contributed by atoms with Crippen molar-refractivity contribution in [1.82, 2.24) is 9.38 Å². The summed E-state index contributed by atoms with van der Waals surface area (Å²) in [6.45, 7) is 0. The van der Waals surface area contributed by atoms with Crippen LogP contribution in [0.3, 0.4) is 0 Å². The van der Waals surface area contributed by atoms with Crippen molar-refractivity contribution in [1.29, 1.82) is 0 Å². The lowest BCUT2D eigenvalue weighted by molar-refractivity contribution is -0.135. The summed E-state index contributed by atoms with van der Waals surface area (Å²) in [5.41, 5.74) is 1.62. The van der Waals surface area contributed by atoms with Crippen LogP contribution < -0.4 is 10.3 Å². The normalized spacial score (nSPS) is 17.1. The van der Waals surface area contributed by atoms with Gasteiger partial charge in [-0.3, -0.25) is 14.0 Å². The molecule has 3 aromatic rings. The molecule has 0 saturated carbocycles. The van der Waals surface area contributed by atoms with Gasteiger partial charge in [-0.1, -0.05) is 36.4 Å². The van der Waals surface area contributed by atoms with Crippen LogP contribution in [0, 0.1) is 0 Å². The Balaban J connectivity index is 2.02. The highest BCUT2D eigenvalue weighted by Gasteiger charge is 2.32. The third kappa shape index (κ3) is 1.90. The molecule has 0 spiro atoms. The van der Waals surface area contributed by atoms with Gasteiger partial charge in [0, 0.05) is 12.1 Å². The van der Waals surface area contributed by atoms with E-state index in [2.05, 4.69) is 4.98 Å². The third-order valence-corrected chi connectivity index (χ3v) is 3.87. The Morgan fingerprint density at radius 1 is 1.05 bits per heavy atom. The standard InChI is InChI=1S/C17H12N2O3/c20-14-10-12(11-6-2-1-3-7-11)15-16(22-14)18-13-8-4-5-9-19(13)17(15)21/h1-9,12H,10H2/t12-/m0/s1. The second kappa shape index (κ2) is 4.80. The number of carbonyl (C=O) groups excluding carboxylic acids is 1. The molecule has 1 aliphatic rings. The topological polar surface area (TPSA) is 60.7 Å². The Labute approximate surface area is 125 Å². The van der Waals surface area contributed by atoms with Crippen molar-refractivity contribution in [3.63, 3.8) is 0 Å². The van der Waals surface area contributed by atoms with Crippen LogP contribution in [0.4, 0.5) is 0 Å². The molecule has 0 unspecified atom stereocenters. The summed E-state index contributed by atoms with van der Waals surface area (Å²) in [7, 11) is 0. The fraction of sp³-hybridized carbons (Fsp3) is 0.118. The summed E-state index contributed by atoms with van der Waals surface area (Å²) in [6, 6.07) is 14.8. The number of aromatic nitrogens is 2. The van der Waals surface area contributed by atoms with Gasteiger partial charge in [0.25, 0.3) is 5.56 Å². The lowest BCUT2D eigenvalue weighted by Crippen LogP contribution is -2.31. The molecule has 0 aliphatic carbocycles. The molecular formula is C17H12N2O3. The van der Waals surface area contributed by atoms with E-state index in [-0.39, 0.29) is 29.7 Å². The van der Waals surface area contributed by atoms with Crippen LogP contribution in [0.5, 0.6) is 5.88 Å². The molecule has 0 N–H and O–H groups in total. The summed E-state index contributed by atoms with van der Waals surface area (Å²) in [5.74, 6) is -0.565. The fourth-order valence-corrected chi connectivity index (χ4v) is 2.85. The molecule has 4 rings (SSSR count). The first kappa shape index (κ1) is 12.8. The van der Waals surface area contributed by atoms with Crippen molar-refractivity contribution in [2.24, 2.45) is 0 Å². The summed E-state index contributed by atoms with van der Waals surface area (Å²) in [5, 5.41) is 0. The quantitative estimate of drug-likeness (QED) is 0.645. The number of esters is 1. The van der Waals surface area contributed by atoms with Crippen molar-refractivity contribution in [2.45, 2.75) is 12.3 Å². The van der Waals surface area contributed by atoms with Gasteiger partial charge in [-0.15, -0.1) is 0 Å². The molecular weight excluding hydrogens is 280 g/mol. The highest BCUT2D eigenvalue weighted by molar-refractivity contribution is 5.77. The molecule has 0 radical (unpaired) electrons. The van der Waals surface area contributed by atoms with Crippen LogP contribution in [0.2, 0.25) is 0 Å². The average molecular weight is 292 g/mol. The molecule has 0 fully saturated rings. The molecule has 1 aliphatic heterocycles. The monoisotopic (exact) mass is 292 g/mol. The van der Waals surface area contributed by atoms with E-state index in [9.17, 15) is 9.59 Å². The lowest BCUT2D eigenvalue weighted by Gasteiger charge is -2.23. The van der Waals surface area contributed by atoms with Gasteiger partial charge < -0.3 is 4.74 Å². The zero-order valence-corrected chi connectivity index (χ0v) is 11.6. The lowest BCUT2D eigenvalue weighted by atomic mass is 9.88. The number of ether oxygens (including phenoxy) is 1. The minimum atomic E-state index is -0.367. The largest absolute Gasteiger partial charge is 0.407 e. The third-order valence-electron chi connectivity index (χ3n) is 3.87. The Bertz CT molecular complexity index is 932. The summed E-state index contributed by atoms with van der Waals surface area (Å²) in [4.78, 5) is 29.0. The maximum absolute atomic E-state index is 12.8. The molecule has 108 valence electrons. The Morgan fingerprint density at radius 3 is 2.64 bits per heavy atom. The number of nitrogens with zero attached hydrogens (tertiary/aromatic N) is 2. The van der Waals surface area contributed by atoms with Crippen LogP contribution in [0.15, 0.2) is 59.5 Å². The van der Waals surface area contributed by atoms with Gasteiger partial charge in [-0.05, 0) is 17.7 Å². The Kier molecular flexibility index (Phi) is 2.79. The van der Waals surface area contributed by atoms with Crippen molar-refractivity contribution in [3.05, 3.63) is 76.2 Å². The van der Waals surface area contributed by atoms with Gasteiger partial charge in [-0.25, -0.2) is 0 Å². The molecule has 5 nitrogen and oxygen atoms in total. The van der Waals surface area contributed by atoms with Crippen molar-refractivity contribution in [3.8, 4) is 5.88 Å². The van der Waals surface area contributed by atoms with E-state index >= 15 is 0 Å². The molecule has 5 heteroatoms. The molecule has 0 amide bonds. The first-order valence-corrected chi connectivity index (χ1v) is 7.01. The fourth-order valence-electron chi connectivity index (χ4n) is 2.85. The van der Waals surface area contributed by atoms with Gasteiger partial charge in [0.15, 0.2) is 0 Å². The maximum atomic E-state index is 12.8. The van der Waals surface area contributed by atoms with Gasteiger partial charge in [0.1, 0.15) is 5.65 Å². The SMILES string of the molecule is O=C1C[C@@H](c2ccccc2)c2c(nc3ccccn3c2=O)O1. The number of hydrogen-bond donors (Lipinski definition) is 0. The van der Waals surface area contributed by atoms with Crippen LogP contribution in [0.1, 0.15) is 23.5 Å². The molecule has 0 bridgehead atoms. The van der Waals surface area contributed by atoms with Crippen LogP contribution >= 0.6 is 0 Å². The highest BCUT2D eigenvalue weighted by atomic mass is 16.5. The van der Waals surface area contributed by atoms with Crippen molar-refractivity contribution >= 4 is 11.6 Å². The maximum Gasteiger partial charge on any atom is 0.313 e. The number of fused-ring (bicyclic) bond motifs is 2. The van der Waals surface area contributed by atoms with Gasteiger partial charge in [0.05, 0.1) is 12.0 Å². The number of pyridine rings is 1. The summed E-state index contributed by atoms with van der Waals surface area (Å²) >= 11 is 0. The van der Waals surface area contributed by atoms with Crippen molar-refractivity contribution < 1.29 is 9.53 Å². The van der Waals surface area contributed by atoms with Crippen LogP contribution in [-0.4, -0.2) is 15.4 Å². The zero-order valence-electron chi connectivity index (χ0n) is 11.6. The number of hydrogen-bond acceptors (Lipinski definition) is 4. The predicted octanol–water partition coefficient (Wildman–Crippen LogP) is 2.14. The number of benzene rings is 1. The second-order valence-electron chi connectivity index (χ2n) is 5.21. The van der Waals surface area contributed by atoms with E-state index in [1.807, 2.05) is 30.3 Å². The number of carbonyl (C=O) groups is 1. The zero-order chi connectivity index (χ0) is 15.1. The van der Waals surface area contributed by atoms with Gasteiger partial charge in [0.2, 0.25) is 5.88 Å². The van der Waals surface area contributed by atoms with E-state index in [1.165, 1.54) is 4.40 Å². The van der Waals surface area contributed by atoms with Gasteiger partial charge in [-0.2, -0.15) is 4.98 Å². The van der Waals surface area contributed by atoms with E-state index in [1.54, 1.807) is 24.4 Å². The van der Waals surface area contributed by atoms with Gasteiger partial charge >= 0.3 is 5.97 Å². The van der Waals surface area contributed by atoms with Crippen LogP contribution in [-0.2, 0) is 4.79 Å². The average Bonchev–Trinajstić information content (AvgIpc) is 2.55. The molecule has 2 aromatic heterocycles. The molecule has 3 heterocycles. The second-order valence-corrected chi connectivity index (χ2v) is 5.21. The minimum Gasteiger partial charge on any atom is -0.407 e. The highest BCUT2D eigenvalue weighted by Crippen LogP contribution is 2.35. The molecule has 1 aromatic carbocycles. The first-order chi connectivity index (χ1) is 10.7. The molecule has 1 atom stereocenters. The molecule has 0 saturated heterocycles. The van der Waals surface area contributed by atoms with E-state index in [0.29, 0.717) is 11.2 Å². The minimum absolute atomic E-state index is 0.126. The van der Waals surface area contributed by atoms with E-state index < -0.39 is 0 Å². The Morgan fingerprint density at radius 2 is 1.82 bits per heavy atom. The number of rotatable bonds is 1. The van der Waals surface area contributed by atoms with Crippen LogP contribution in [0.25, 0.3) is 5.65 Å². The molecule has 22 heavy (non-hydrogen) atoms. The van der Waals surface area contributed by atoms with E-state index in [4.69, 9.17) is 4.74 Å². The summed E-state index contributed by atoms with van der Waals surface area (Å²) < 4.78 is 6.69. The van der Waals surface area contributed by atoms with E-state index in [0.717, 1.165) is 5.56 Å². The predicted molar refractivity (Wildman–Crippen MR) is 80.0 cm³/mol. The first-order valence-electron chi connectivity index (χ1n) is 7.01. The Hall–Kier alpha value is -2.95. The smallest absolute Gasteiger partial charge is 0.313 e. The van der Waals surface area contributed by atoms with Crippen molar-refractivity contribution in [2.75, 3.05) is 0 Å². The summed E-state index contributed by atoms with van der Waals surface area (Å²) in [6.07, 6.45) is 1.82.